The number of carbonyl (C=O) groups is 4. The first-order valence-electron chi connectivity index (χ1n) is 24.8. The first-order chi connectivity index (χ1) is 33.6. The Balaban J connectivity index is 1.04. The Hall–Kier alpha value is -6.33. The number of nitrogens with zero attached hydrogens (tertiary/aromatic N) is 6. The highest BCUT2D eigenvalue weighted by atomic mass is 19.1. The number of nitrogens with one attached hydrogen (secondary N) is 3. The zero-order valence-corrected chi connectivity index (χ0v) is 40.8. The van der Waals surface area contributed by atoms with E-state index < -0.39 is 41.8 Å². The number of carbonyl (C=O) groups excluding carboxylic acids is 4. The Bertz CT molecular complexity index is 2580. The van der Waals surface area contributed by atoms with Crippen molar-refractivity contribution in [3.05, 3.63) is 82.9 Å². The van der Waals surface area contributed by atoms with Crippen molar-refractivity contribution >= 4 is 57.3 Å². The van der Waals surface area contributed by atoms with Gasteiger partial charge in [-0.05, 0) is 111 Å². The zero-order valence-electron chi connectivity index (χ0n) is 40.8. The fourth-order valence-electron chi connectivity index (χ4n) is 11.3. The number of piperidine rings is 1. The molecule has 18 heteroatoms. The lowest BCUT2D eigenvalue weighted by molar-refractivity contribution is -0.148. The van der Waals surface area contributed by atoms with E-state index in [0.29, 0.717) is 61.6 Å². The molecule has 5 aromatic rings. The van der Waals surface area contributed by atoms with Gasteiger partial charge in [-0.25, -0.2) is 27.9 Å². The van der Waals surface area contributed by atoms with E-state index in [1.807, 2.05) is 69.0 Å². The van der Waals surface area contributed by atoms with Crippen LogP contribution in [0.5, 0.6) is 0 Å². The zero-order chi connectivity index (χ0) is 49.5. The summed E-state index contributed by atoms with van der Waals surface area (Å²) in [6.07, 6.45) is 2.99. The smallest absolute Gasteiger partial charge is 0.407 e. The summed E-state index contributed by atoms with van der Waals surface area (Å²) in [4.78, 5) is 76.6. The number of aromatic amines is 2. The number of anilines is 2. The number of imidazole rings is 2. The Morgan fingerprint density at radius 1 is 0.686 bits per heavy atom. The number of likely N-dealkylation sites (tertiary alicyclic amines) is 2. The van der Waals surface area contributed by atoms with Crippen molar-refractivity contribution in [2.45, 2.75) is 122 Å². The number of hydrogen-bond donors (Lipinski definition) is 3. The minimum atomic E-state index is -0.999. The highest BCUT2D eigenvalue weighted by molar-refractivity contribution is 5.87. The summed E-state index contributed by atoms with van der Waals surface area (Å²) in [6, 6.07) is 12.7. The molecular weight excluding hydrogens is 904 g/mol. The van der Waals surface area contributed by atoms with Gasteiger partial charge in [0.2, 0.25) is 11.8 Å². The molecule has 374 valence electrons. The molecule has 6 atom stereocenters. The summed E-state index contributed by atoms with van der Waals surface area (Å²) in [5.41, 5.74) is 4.98. The molecule has 0 saturated carbocycles. The molecule has 15 nitrogen and oxygen atoms in total. The minimum absolute atomic E-state index is 0.00294. The number of alkyl carbamates (subject to hydrolysis) is 1. The fraction of sp³-hybridized carbons (Fsp3) is 0.538. The van der Waals surface area contributed by atoms with Crippen LogP contribution in [0.25, 0.3) is 22.1 Å². The van der Waals surface area contributed by atoms with E-state index in [1.165, 1.54) is 26.4 Å². The van der Waals surface area contributed by atoms with Crippen LogP contribution in [0.3, 0.4) is 0 Å². The van der Waals surface area contributed by atoms with Crippen molar-refractivity contribution in [1.29, 1.82) is 0 Å². The maximum Gasteiger partial charge on any atom is 0.407 e. The van der Waals surface area contributed by atoms with Gasteiger partial charge in [0.25, 0.3) is 0 Å². The van der Waals surface area contributed by atoms with Gasteiger partial charge in [0, 0.05) is 31.9 Å². The summed E-state index contributed by atoms with van der Waals surface area (Å²) >= 11 is 0. The SMILES string of the molecule is COC(=O)CC(C(=O)N1CCC[C@H]1c1nc2ccc([C@H]3CC[C@H](c4ccc5nc([C@H]6CCCN6C(=O)C(NC(=O)OC)C(C)C)[nH]c5c4)N3c3cc(F)c(N4CCC(F)CC4)c(F)c3)cc2[nH]1)C(C)C. The number of hydrogen-bond acceptors (Lipinski definition) is 10. The number of esters is 1. The number of alkyl halides is 1. The van der Waals surface area contributed by atoms with Crippen LogP contribution >= 0.6 is 0 Å². The van der Waals surface area contributed by atoms with E-state index in [4.69, 9.17) is 19.4 Å². The molecule has 9 rings (SSSR count). The average molecular weight is 968 g/mol. The van der Waals surface area contributed by atoms with E-state index in [-0.39, 0.29) is 85.9 Å². The number of methoxy groups -OCH3 is 2. The molecule has 6 heterocycles. The molecule has 0 radical (unpaired) electrons. The van der Waals surface area contributed by atoms with Crippen molar-refractivity contribution in [3.63, 3.8) is 0 Å². The molecule has 0 bridgehead atoms. The van der Waals surface area contributed by atoms with Gasteiger partial charge in [-0.2, -0.15) is 0 Å². The standard InChI is InChI=1S/C52H64F3N9O6/c1-28(2)34(27-45(65)69-5)50(66)62-19-7-9-43(62)48-56-37-13-11-30(23-39(37)58-48)41-15-16-42(64(41)33-25-35(54)47(36(55)26-33)61-21-17-32(53)18-22-61)31-12-14-38-40(24-31)59-49(57-38)44-10-8-20-63(44)51(67)46(29(3)4)60-52(68)70-6/h11-14,23-26,28-29,32,34,41-44,46H,7-10,15-22,27H2,1-6H3,(H,56,58)(H,57,59)(H,60,68)/t34?,41-,42-,43+,44-,46?/m1/s1. The highest BCUT2D eigenvalue weighted by Gasteiger charge is 2.41. The normalized spacial score (nSPS) is 21.9. The van der Waals surface area contributed by atoms with Gasteiger partial charge < -0.3 is 44.4 Å². The maximum atomic E-state index is 16.4. The molecule has 4 aliphatic heterocycles. The fourth-order valence-corrected chi connectivity index (χ4v) is 11.3. The molecule has 3 aromatic carbocycles. The maximum absolute atomic E-state index is 16.4. The summed E-state index contributed by atoms with van der Waals surface area (Å²) in [7, 11) is 2.59. The predicted octanol–water partition coefficient (Wildman–Crippen LogP) is 9.28. The highest BCUT2D eigenvalue weighted by Crippen LogP contribution is 2.49. The number of ether oxygens (including phenoxy) is 2. The van der Waals surface area contributed by atoms with Gasteiger partial charge in [-0.1, -0.05) is 39.8 Å². The molecular formula is C52H64F3N9O6. The van der Waals surface area contributed by atoms with Crippen LogP contribution in [0.4, 0.5) is 29.3 Å². The van der Waals surface area contributed by atoms with Gasteiger partial charge in [-0.3, -0.25) is 14.4 Å². The van der Waals surface area contributed by atoms with Gasteiger partial charge in [-0.15, -0.1) is 0 Å². The van der Waals surface area contributed by atoms with Crippen molar-refractivity contribution in [2.24, 2.45) is 17.8 Å². The van der Waals surface area contributed by atoms with Crippen molar-refractivity contribution in [3.8, 4) is 0 Å². The topological polar surface area (TPSA) is 169 Å². The first kappa shape index (κ1) is 48.7. The summed E-state index contributed by atoms with van der Waals surface area (Å²) in [5, 5.41) is 2.70. The van der Waals surface area contributed by atoms with Crippen LogP contribution in [0, 0.1) is 29.4 Å². The second-order valence-electron chi connectivity index (χ2n) is 20.1. The molecule has 0 spiro atoms. The van der Waals surface area contributed by atoms with Crippen LogP contribution in [-0.4, -0.2) is 106 Å². The van der Waals surface area contributed by atoms with Gasteiger partial charge in [0.1, 0.15) is 29.5 Å². The third kappa shape index (κ3) is 9.49. The largest absolute Gasteiger partial charge is 0.469 e. The monoisotopic (exact) mass is 967 g/mol. The van der Waals surface area contributed by atoms with Crippen LogP contribution in [0.1, 0.15) is 132 Å². The second-order valence-corrected chi connectivity index (χ2v) is 20.1. The molecule has 4 saturated heterocycles. The molecule has 4 fully saturated rings. The Morgan fingerprint density at radius 2 is 1.21 bits per heavy atom. The Labute approximate surface area is 405 Å². The van der Waals surface area contributed by atoms with Gasteiger partial charge >= 0.3 is 12.1 Å². The summed E-state index contributed by atoms with van der Waals surface area (Å²) < 4.78 is 56.7. The minimum Gasteiger partial charge on any atom is -0.469 e. The van der Waals surface area contributed by atoms with Crippen molar-refractivity contribution in [2.75, 3.05) is 50.2 Å². The van der Waals surface area contributed by atoms with Crippen molar-refractivity contribution in [1.82, 2.24) is 35.1 Å². The number of H-pyrrole nitrogens is 2. The number of amides is 3. The number of benzene rings is 3. The van der Waals surface area contributed by atoms with E-state index in [9.17, 15) is 23.6 Å². The Kier molecular flexibility index (Phi) is 14.0. The summed E-state index contributed by atoms with van der Waals surface area (Å²) in [5.74, 6) is -1.64. The van der Waals surface area contributed by atoms with Crippen LogP contribution < -0.4 is 15.1 Å². The first-order valence-corrected chi connectivity index (χ1v) is 24.8. The number of fused-ring (bicyclic) bond motifs is 2. The third-order valence-corrected chi connectivity index (χ3v) is 15.1. The molecule has 70 heavy (non-hydrogen) atoms. The lowest BCUT2D eigenvalue weighted by Gasteiger charge is -2.35. The van der Waals surface area contributed by atoms with E-state index in [0.717, 1.165) is 40.5 Å². The van der Waals surface area contributed by atoms with E-state index in [1.54, 1.807) is 9.80 Å². The summed E-state index contributed by atoms with van der Waals surface area (Å²) in [6.45, 7) is 9.11. The molecule has 3 amide bonds. The van der Waals surface area contributed by atoms with Crippen LogP contribution in [-0.2, 0) is 23.9 Å². The van der Waals surface area contributed by atoms with E-state index >= 15 is 8.78 Å². The number of aromatic nitrogens is 4. The lowest BCUT2D eigenvalue weighted by Crippen LogP contribution is -2.51. The molecule has 2 unspecified atom stereocenters. The van der Waals surface area contributed by atoms with Crippen LogP contribution in [0.15, 0.2) is 48.5 Å². The van der Waals surface area contributed by atoms with Crippen LogP contribution in [0.2, 0.25) is 0 Å². The molecule has 2 aromatic heterocycles. The third-order valence-electron chi connectivity index (χ3n) is 15.1. The van der Waals surface area contributed by atoms with Crippen molar-refractivity contribution < 1.29 is 41.8 Å². The lowest BCUT2D eigenvalue weighted by atomic mass is 9.91. The van der Waals surface area contributed by atoms with Gasteiger partial charge in [0.05, 0.1) is 72.8 Å². The second kappa shape index (κ2) is 20.2. The quantitative estimate of drug-likeness (QED) is 0.0968. The average Bonchev–Trinajstić information content (AvgIpc) is 4.20. The van der Waals surface area contributed by atoms with E-state index in [2.05, 4.69) is 20.2 Å². The van der Waals surface area contributed by atoms with Gasteiger partial charge in [0.15, 0.2) is 11.6 Å². The Morgan fingerprint density at radius 3 is 1.70 bits per heavy atom. The molecule has 3 N–H and O–H groups in total. The molecule has 4 aliphatic rings. The molecule has 0 aliphatic carbocycles. The number of rotatable bonds is 13. The number of halogens is 3. The predicted molar refractivity (Wildman–Crippen MR) is 259 cm³/mol.